The lowest BCUT2D eigenvalue weighted by molar-refractivity contribution is -0.0263. The summed E-state index contributed by atoms with van der Waals surface area (Å²) in [7, 11) is 0. The predicted octanol–water partition coefficient (Wildman–Crippen LogP) is 3.75. The van der Waals surface area contributed by atoms with Crippen LogP contribution in [0.15, 0.2) is 0 Å². The Morgan fingerprint density at radius 1 is 0.282 bits per heavy atom. The Bertz CT molecular complexity index is 388. The van der Waals surface area contributed by atoms with Gasteiger partial charge in [-0.1, -0.05) is 39.0 Å². The molecule has 0 aromatic carbocycles. The van der Waals surface area contributed by atoms with E-state index < -0.39 is 0 Å². The molecule has 0 fully saturated rings. The number of hydrogen-bond acceptors (Lipinski definition) is 10. The molecule has 11 heteroatoms. The number of ether oxygens (including phenoxy) is 10. The molecule has 0 unspecified atom stereocenters. The van der Waals surface area contributed by atoms with Gasteiger partial charge in [-0.05, 0) is 6.42 Å². The molecule has 0 aliphatic heterocycles. The zero-order valence-electron chi connectivity index (χ0n) is 24.6. The minimum absolute atomic E-state index is 0.502. The second-order valence-electron chi connectivity index (χ2n) is 8.58. The molecule has 0 aromatic heterocycles. The van der Waals surface area contributed by atoms with Crippen LogP contribution in [0.3, 0.4) is 0 Å². The largest absolute Gasteiger partial charge is 0.379 e. The van der Waals surface area contributed by atoms with Crippen molar-refractivity contribution in [3.05, 3.63) is 0 Å². The number of hydrogen-bond donors (Lipinski definition) is 0. The van der Waals surface area contributed by atoms with E-state index in [0.29, 0.717) is 131 Å². The third-order valence-corrected chi connectivity index (χ3v) is 5.37. The molecule has 0 N–H and O–H groups in total. The van der Waals surface area contributed by atoms with Crippen LogP contribution in [-0.4, -0.2) is 138 Å². The molecule has 236 valence electrons. The fourth-order valence-electron chi connectivity index (χ4n) is 3.12. The van der Waals surface area contributed by atoms with E-state index in [-0.39, 0.29) is 0 Å². The van der Waals surface area contributed by atoms with Crippen molar-refractivity contribution in [3.63, 3.8) is 0 Å². The molecule has 0 aromatic rings. The van der Waals surface area contributed by atoms with Crippen molar-refractivity contribution in [1.82, 2.24) is 0 Å². The van der Waals surface area contributed by atoms with Crippen LogP contribution < -0.4 is 0 Å². The van der Waals surface area contributed by atoms with Crippen molar-refractivity contribution in [2.45, 2.75) is 45.4 Å². The van der Waals surface area contributed by atoms with Gasteiger partial charge in [-0.3, -0.25) is 0 Å². The average molecular weight is 589 g/mol. The molecule has 0 atom stereocenters. The number of unbranched alkanes of at least 4 members (excludes halogenated alkanes) is 5. The first-order chi connectivity index (χ1) is 19.4. The highest BCUT2D eigenvalue weighted by Crippen LogP contribution is 2.04. The summed E-state index contributed by atoms with van der Waals surface area (Å²) >= 11 is 5.51. The Morgan fingerprint density at radius 3 is 0.795 bits per heavy atom. The van der Waals surface area contributed by atoms with Crippen LogP contribution in [0.1, 0.15) is 45.4 Å². The molecule has 0 aliphatic carbocycles. The summed E-state index contributed by atoms with van der Waals surface area (Å²) in [6, 6.07) is 0. The maximum atomic E-state index is 5.58. The second-order valence-corrected chi connectivity index (χ2v) is 8.96. The van der Waals surface area contributed by atoms with Crippen LogP contribution in [0.4, 0.5) is 0 Å². The number of halogens is 1. The van der Waals surface area contributed by atoms with E-state index in [4.69, 9.17) is 59.0 Å². The normalized spacial score (nSPS) is 11.5. The van der Waals surface area contributed by atoms with Gasteiger partial charge in [0.05, 0.1) is 126 Å². The van der Waals surface area contributed by atoms with Gasteiger partial charge < -0.3 is 47.4 Å². The Morgan fingerprint density at radius 2 is 0.513 bits per heavy atom. The zero-order chi connectivity index (χ0) is 28.2. The zero-order valence-corrected chi connectivity index (χ0v) is 25.3. The summed E-state index contributed by atoms with van der Waals surface area (Å²) in [6.45, 7) is 13.5. The first kappa shape index (κ1) is 38.9. The van der Waals surface area contributed by atoms with Crippen molar-refractivity contribution in [2.24, 2.45) is 0 Å². The van der Waals surface area contributed by atoms with Crippen molar-refractivity contribution in [2.75, 3.05) is 138 Å². The van der Waals surface area contributed by atoms with E-state index >= 15 is 0 Å². The topological polar surface area (TPSA) is 92.3 Å². The van der Waals surface area contributed by atoms with E-state index in [2.05, 4.69) is 6.92 Å². The van der Waals surface area contributed by atoms with E-state index in [9.17, 15) is 0 Å². The Labute approximate surface area is 242 Å². The molecule has 0 rings (SSSR count). The standard InChI is InChI=1S/C28H57ClO10/c1-2-3-4-5-6-7-9-30-11-13-32-15-17-34-19-21-36-23-25-38-27-28-39-26-24-37-22-20-35-18-16-33-14-12-31-10-8-29/h2-28H2,1H3. The number of alkyl halides is 1. The first-order valence-corrected chi connectivity index (χ1v) is 15.3. The molecule has 0 aliphatic rings. The molecule has 0 saturated carbocycles. The van der Waals surface area contributed by atoms with Gasteiger partial charge in [0.25, 0.3) is 0 Å². The lowest BCUT2D eigenvalue weighted by Gasteiger charge is -2.09. The van der Waals surface area contributed by atoms with Gasteiger partial charge >= 0.3 is 0 Å². The van der Waals surface area contributed by atoms with Gasteiger partial charge in [0.15, 0.2) is 0 Å². The first-order valence-electron chi connectivity index (χ1n) is 14.7. The average Bonchev–Trinajstić information content (AvgIpc) is 2.95. The van der Waals surface area contributed by atoms with Crippen molar-refractivity contribution < 1.29 is 47.4 Å². The van der Waals surface area contributed by atoms with Crippen molar-refractivity contribution >= 4 is 11.6 Å². The van der Waals surface area contributed by atoms with Crippen LogP contribution in [0, 0.1) is 0 Å². The monoisotopic (exact) mass is 588 g/mol. The molecule has 0 saturated heterocycles. The highest BCUT2D eigenvalue weighted by Gasteiger charge is 1.96. The van der Waals surface area contributed by atoms with Gasteiger partial charge in [0.2, 0.25) is 0 Å². The molecule has 39 heavy (non-hydrogen) atoms. The van der Waals surface area contributed by atoms with Crippen LogP contribution >= 0.6 is 11.6 Å². The second kappa shape index (κ2) is 37.9. The Hall–Kier alpha value is -0.110. The van der Waals surface area contributed by atoms with Crippen LogP contribution in [0.2, 0.25) is 0 Å². The number of rotatable bonds is 36. The van der Waals surface area contributed by atoms with E-state index in [1.165, 1.54) is 32.1 Å². The SMILES string of the molecule is CCCCCCCCOCCOCCOCCOCCOCCOCCOCCOCCOCCOCCCl. The molecule has 0 spiro atoms. The summed E-state index contributed by atoms with van der Waals surface area (Å²) in [5.41, 5.74) is 0. The van der Waals surface area contributed by atoms with Gasteiger partial charge in [0.1, 0.15) is 0 Å². The Kier molecular flexibility index (Phi) is 37.8. The molecular formula is C28H57ClO10. The van der Waals surface area contributed by atoms with Crippen LogP contribution in [0.5, 0.6) is 0 Å². The Balaban J connectivity index is 3.01. The molecule has 10 nitrogen and oxygen atoms in total. The van der Waals surface area contributed by atoms with Crippen LogP contribution in [0.25, 0.3) is 0 Å². The summed E-state index contributed by atoms with van der Waals surface area (Å²) in [5.74, 6) is 0.502. The van der Waals surface area contributed by atoms with Crippen LogP contribution in [-0.2, 0) is 47.4 Å². The van der Waals surface area contributed by atoms with Gasteiger partial charge in [-0.15, -0.1) is 11.6 Å². The fraction of sp³-hybridized carbons (Fsp3) is 1.00. The molecule has 0 radical (unpaired) electrons. The minimum Gasteiger partial charge on any atom is -0.379 e. The third-order valence-electron chi connectivity index (χ3n) is 5.21. The fourth-order valence-corrected chi connectivity index (χ4v) is 3.23. The quantitative estimate of drug-likeness (QED) is 0.0796. The third kappa shape index (κ3) is 37.9. The van der Waals surface area contributed by atoms with Crippen molar-refractivity contribution in [1.29, 1.82) is 0 Å². The van der Waals surface area contributed by atoms with Gasteiger partial charge in [0, 0.05) is 12.5 Å². The lowest BCUT2D eigenvalue weighted by Crippen LogP contribution is -2.15. The van der Waals surface area contributed by atoms with Crippen molar-refractivity contribution in [3.8, 4) is 0 Å². The van der Waals surface area contributed by atoms with Gasteiger partial charge in [-0.2, -0.15) is 0 Å². The summed E-state index contributed by atoms with van der Waals surface area (Å²) in [5, 5.41) is 0. The molecule has 0 amide bonds. The summed E-state index contributed by atoms with van der Waals surface area (Å²) in [6.07, 6.45) is 7.70. The predicted molar refractivity (Wildman–Crippen MR) is 152 cm³/mol. The van der Waals surface area contributed by atoms with E-state index in [0.717, 1.165) is 13.0 Å². The molecule has 0 bridgehead atoms. The lowest BCUT2D eigenvalue weighted by atomic mass is 10.1. The maximum absolute atomic E-state index is 5.58. The minimum atomic E-state index is 0.502. The molecular weight excluding hydrogens is 532 g/mol. The smallest absolute Gasteiger partial charge is 0.0701 e. The summed E-state index contributed by atoms with van der Waals surface area (Å²) < 4.78 is 54.4. The van der Waals surface area contributed by atoms with Gasteiger partial charge in [-0.25, -0.2) is 0 Å². The highest BCUT2D eigenvalue weighted by atomic mass is 35.5. The maximum Gasteiger partial charge on any atom is 0.0701 e. The molecule has 0 heterocycles. The highest BCUT2D eigenvalue weighted by molar-refractivity contribution is 6.17. The summed E-state index contributed by atoms with van der Waals surface area (Å²) in [4.78, 5) is 0. The van der Waals surface area contributed by atoms with E-state index in [1.807, 2.05) is 0 Å². The van der Waals surface area contributed by atoms with E-state index in [1.54, 1.807) is 0 Å².